The van der Waals surface area contributed by atoms with Gasteiger partial charge in [0.25, 0.3) is 5.95 Å². The number of ether oxygens (including phenoxy) is 2. The average molecular weight is 360 g/mol. The van der Waals surface area contributed by atoms with Gasteiger partial charge >= 0.3 is 6.16 Å². The SMILES string of the molecule is Cc1oc(OC(=O)O)cc1COc1ccc(-c2c(F)cccc2F)cc1. The molecule has 1 heterocycles. The Balaban J connectivity index is 1.70. The second kappa shape index (κ2) is 7.26. The van der Waals surface area contributed by atoms with Gasteiger partial charge in [-0.25, -0.2) is 13.6 Å². The average Bonchev–Trinajstić information content (AvgIpc) is 2.92. The number of furan rings is 1. The normalized spacial score (nSPS) is 10.6. The zero-order valence-electron chi connectivity index (χ0n) is 13.7. The highest BCUT2D eigenvalue weighted by Crippen LogP contribution is 2.28. The predicted molar refractivity (Wildman–Crippen MR) is 88.2 cm³/mol. The van der Waals surface area contributed by atoms with Crippen molar-refractivity contribution in [2.45, 2.75) is 13.5 Å². The largest absolute Gasteiger partial charge is 0.513 e. The second-order valence-electron chi connectivity index (χ2n) is 5.42. The fraction of sp³-hybridized carbons (Fsp3) is 0.105. The van der Waals surface area contributed by atoms with Crippen molar-refractivity contribution in [3.05, 3.63) is 71.5 Å². The minimum atomic E-state index is -1.47. The first-order valence-electron chi connectivity index (χ1n) is 7.61. The van der Waals surface area contributed by atoms with Crippen LogP contribution in [0.25, 0.3) is 11.1 Å². The Labute approximate surface area is 147 Å². The molecule has 0 saturated carbocycles. The molecule has 0 radical (unpaired) electrons. The predicted octanol–water partition coefficient (Wildman–Crippen LogP) is 5.17. The fourth-order valence-electron chi connectivity index (χ4n) is 2.42. The maximum Gasteiger partial charge on any atom is 0.513 e. The summed E-state index contributed by atoms with van der Waals surface area (Å²) in [7, 11) is 0. The molecule has 1 aromatic heterocycles. The number of carboxylic acid groups (broad SMARTS) is 1. The molecule has 0 aliphatic heterocycles. The first kappa shape index (κ1) is 17.5. The number of aryl methyl sites for hydroxylation is 1. The lowest BCUT2D eigenvalue weighted by Gasteiger charge is -2.08. The van der Waals surface area contributed by atoms with Crippen LogP contribution in [-0.2, 0) is 6.61 Å². The number of carbonyl (C=O) groups is 1. The number of halogens is 2. The molecule has 3 rings (SSSR count). The van der Waals surface area contributed by atoms with Crippen molar-refractivity contribution in [2.75, 3.05) is 0 Å². The van der Waals surface area contributed by atoms with Gasteiger partial charge in [-0.2, -0.15) is 0 Å². The lowest BCUT2D eigenvalue weighted by molar-refractivity contribution is 0.132. The van der Waals surface area contributed by atoms with Crippen molar-refractivity contribution in [2.24, 2.45) is 0 Å². The van der Waals surface area contributed by atoms with Crippen molar-refractivity contribution < 1.29 is 32.6 Å². The van der Waals surface area contributed by atoms with Gasteiger partial charge in [-0.15, -0.1) is 0 Å². The molecule has 26 heavy (non-hydrogen) atoms. The Bertz CT molecular complexity index is 911. The fourth-order valence-corrected chi connectivity index (χ4v) is 2.42. The molecule has 0 spiro atoms. The molecule has 0 unspecified atom stereocenters. The molecule has 0 aliphatic rings. The van der Waals surface area contributed by atoms with Gasteiger partial charge in [0.1, 0.15) is 29.8 Å². The molecule has 0 atom stereocenters. The quantitative estimate of drug-likeness (QED) is 0.636. The Hall–Kier alpha value is -3.35. The monoisotopic (exact) mass is 360 g/mol. The van der Waals surface area contributed by atoms with E-state index in [0.717, 1.165) is 0 Å². The van der Waals surface area contributed by atoms with E-state index >= 15 is 0 Å². The molecule has 0 bridgehead atoms. The Morgan fingerprint density at radius 3 is 2.38 bits per heavy atom. The number of hydrogen-bond acceptors (Lipinski definition) is 4. The highest BCUT2D eigenvalue weighted by molar-refractivity contribution is 5.65. The Morgan fingerprint density at radius 1 is 1.12 bits per heavy atom. The van der Waals surface area contributed by atoms with Gasteiger partial charge in [0.15, 0.2) is 0 Å². The van der Waals surface area contributed by atoms with E-state index in [-0.39, 0.29) is 18.1 Å². The molecular weight excluding hydrogens is 346 g/mol. The molecule has 134 valence electrons. The van der Waals surface area contributed by atoms with E-state index in [1.165, 1.54) is 24.3 Å². The van der Waals surface area contributed by atoms with Crippen molar-refractivity contribution in [3.63, 3.8) is 0 Å². The number of rotatable bonds is 5. The molecule has 0 fully saturated rings. The Kier molecular flexibility index (Phi) is 4.88. The van der Waals surface area contributed by atoms with Gasteiger partial charge in [-0.3, -0.25) is 0 Å². The third-order valence-electron chi connectivity index (χ3n) is 3.69. The first-order valence-corrected chi connectivity index (χ1v) is 7.61. The topological polar surface area (TPSA) is 68.9 Å². The smallest absolute Gasteiger partial charge is 0.489 e. The molecule has 3 aromatic rings. The number of hydrogen-bond donors (Lipinski definition) is 1. The van der Waals surface area contributed by atoms with E-state index in [0.29, 0.717) is 22.6 Å². The summed E-state index contributed by atoms with van der Waals surface area (Å²) in [5.41, 5.74) is 0.912. The van der Waals surface area contributed by atoms with Gasteiger partial charge < -0.3 is 19.0 Å². The van der Waals surface area contributed by atoms with Gasteiger partial charge in [0.2, 0.25) is 0 Å². The van der Waals surface area contributed by atoms with Crippen LogP contribution < -0.4 is 9.47 Å². The summed E-state index contributed by atoms with van der Waals surface area (Å²) in [6.07, 6.45) is -1.47. The molecule has 2 aromatic carbocycles. The van der Waals surface area contributed by atoms with Crippen LogP contribution in [-0.4, -0.2) is 11.3 Å². The van der Waals surface area contributed by atoms with E-state index in [1.54, 1.807) is 31.2 Å². The highest BCUT2D eigenvalue weighted by atomic mass is 19.1. The maximum absolute atomic E-state index is 13.8. The van der Waals surface area contributed by atoms with E-state index in [1.807, 2.05) is 0 Å². The van der Waals surface area contributed by atoms with E-state index < -0.39 is 17.8 Å². The molecular formula is C19H14F2O5. The maximum atomic E-state index is 13.8. The highest BCUT2D eigenvalue weighted by Gasteiger charge is 2.13. The summed E-state index contributed by atoms with van der Waals surface area (Å²) >= 11 is 0. The zero-order valence-corrected chi connectivity index (χ0v) is 13.7. The summed E-state index contributed by atoms with van der Waals surface area (Å²) in [5.74, 6) is -0.477. The summed E-state index contributed by atoms with van der Waals surface area (Å²) in [6, 6.07) is 11.4. The third kappa shape index (κ3) is 3.83. The molecule has 5 nitrogen and oxygen atoms in total. The molecule has 0 amide bonds. The lowest BCUT2D eigenvalue weighted by Crippen LogP contribution is -2.01. The molecule has 1 N–H and O–H groups in total. The second-order valence-corrected chi connectivity index (χ2v) is 5.42. The minimum absolute atomic E-state index is 0.0970. The molecule has 0 aliphatic carbocycles. The first-order chi connectivity index (χ1) is 12.4. The summed E-state index contributed by atoms with van der Waals surface area (Å²) in [5, 5.41) is 8.57. The van der Waals surface area contributed by atoms with Crippen LogP contribution in [0.2, 0.25) is 0 Å². The van der Waals surface area contributed by atoms with Crippen LogP contribution in [0.3, 0.4) is 0 Å². The number of benzene rings is 2. The van der Waals surface area contributed by atoms with Crippen molar-refractivity contribution >= 4 is 6.16 Å². The van der Waals surface area contributed by atoms with Crippen LogP contribution in [0, 0.1) is 18.6 Å². The van der Waals surface area contributed by atoms with Crippen LogP contribution >= 0.6 is 0 Å². The summed E-state index contributed by atoms with van der Waals surface area (Å²) in [4.78, 5) is 10.5. The summed E-state index contributed by atoms with van der Waals surface area (Å²) < 4.78 is 42.8. The van der Waals surface area contributed by atoms with Crippen molar-refractivity contribution in [1.82, 2.24) is 0 Å². The van der Waals surface area contributed by atoms with E-state index in [9.17, 15) is 13.6 Å². The molecule has 0 saturated heterocycles. The molecule has 7 heteroatoms. The Morgan fingerprint density at radius 2 is 1.77 bits per heavy atom. The standard InChI is InChI=1S/C19H14F2O5/c1-11-13(9-17(25-11)26-19(22)23)10-24-14-7-5-12(6-8-14)18-15(20)3-2-4-16(18)21/h2-9H,10H2,1H3,(H,22,23). The van der Waals surface area contributed by atoms with Crippen molar-refractivity contribution in [3.8, 4) is 22.8 Å². The van der Waals surface area contributed by atoms with Gasteiger partial charge in [-0.05, 0) is 36.8 Å². The van der Waals surface area contributed by atoms with Crippen molar-refractivity contribution in [1.29, 1.82) is 0 Å². The van der Waals surface area contributed by atoms with E-state index in [4.69, 9.17) is 14.3 Å². The van der Waals surface area contributed by atoms with E-state index in [2.05, 4.69) is 4.74 Å². The van der Waals surface area contributed by atoms with Gasteiger partial charge in [0.05, 0.1) is 5.56 Å². The van der Waals surface area contributed by atoms with Crippen LogP contribution in [0.5, 0.6) is 11.7 Å². The summed E-state index contributed by atoms with van der Waals surface area (Å²) in [6.45, 7) is 1.77. The van der Waals surface area contributed by atoms with Gasteiger partial charge in [-0.1, -0.05) is 18.2 Å². The third-order valence-corrected chi connectivity index (χ3v) is 3.69. The van der Waals surface area contributed by atoms with Crippen LogP contribution in [0.4, 0.5) is 13.6 Å². The lowest BCUT2D eigenvalue weighted by atomic mass is 10.0. The van der Waals surface area contributed by atoms with Crippen LogP contribution in [0.1, 0.15) is 11.3 Å². The minimum Gasteiger partial charge on any atom is -0.489 e. The van der Waals surface area contributed by atoms with Crippen LogP contribution in [0.15, 0.2) is 52.9 Å². The zero-order chi connectivity index (χ0) is 18.7. The van der Waals surface area contributed by atoms with Gasteiger partial charge in [0, 0.05) is 11.6 Å².